The second-order valence-electron chi connectivity index (χ2n) is 11.0. The minimum atomic E-state index is -1.51. The number of rotatable bonds is 11. The Balaban J connectivity index is 2.24. The highest BCUT2D eigenvalue weighted by atomic mass is 16.5. The number of aliphatic carboxylic acids is 1. The third-order valence-corrected chi connectivity index (χ3v) is 7.90. The molecule has 2 rings (SSSR count). The van der Waals surface area contributed by atoms with Crippen LogP contribution in [0, 0.1) is 23.2 Å². The van der Waals surface area contributed by atoms with Crippen molar-refractivity contribution in [3.63, 3.8) is 0 Å². The molecule has 2 aliphatic carbocycles. The van der Waals surface area contributed by atoms with Crippen molar-refractivity contribution in [2.45, 2.75) is 72.2 Å². The fraction of sp³-hybridized carbons (Fsp3) is 0.516. The molecule has 39 heavy (non-hydrogen) atoms. The molecule has 0 radical (unpaired) electrons. The normalized spacial score (nSPS) is 31.1. The zero-order valence-corrected chi connectivity index (χ0v) is 23.6. The van der Waals surface area contributed by atoms with Gasteiger partial charge in [-0.05, 0) is 58.1 Å². The van der Waals surface area contributed by atoms with Crippen molar-refractivity contribution in [2.24, 2.45) is 23.2 Å². The van der Waals surface area contributed by atoms with Crippen molar-refractivity contribution in [1.82, 2.24) is 0 Å². The van der Waals surface area contributed by atoms with E-state index >= 15 is 0 Å². The Morgan fingerprint density at radius 1 is 1.15 bits per heavy atom. The first-order chi connectivity index (χ1) is 18.1. The Bertz CT molecular complexity index is 1120. The summed E-state index contributed by atoms with van der Waals surface area (Å²) < 4.78 is 5.98. The van der Waals surface area contributed by atoms with E-state index in [0.29, 0.717) is 12.0 Å². The van der Waals surface area contributed by atoms with Crippen LogP contribution in [0.2, 0.25) is 0 Å². The molecule has 7 atom stereocenters. The highest BCUT2D eigenvalue weighted by Crippen LogP contribution is 2.53. The van der Waals surface area contributed by atoms with E-state index in [1.54, 1.807) is 71.1 Å². The van der Waals surface area contributed by atoms with Crippen LogP contribution in [0.25, 0.3) is 0 Å². The molecule has 0 spiro atoms. The van der Waals surface area contributed by atoms with Crippen LogP contribution in [0.4, 0.5) is 0 Å². The molecule has 2 aliphatic rings. The van der Waals surface area contributed by atoms with E-state index in [0.717, 1.165) is 17.2 Å². The maximum absolute atomic E-state index is 13.3. The van der Waals surface area contributed by atoms with E-state index in [9.17, 15) is 29.7 Å². The molecule has 4 N–H and O–H groups in total. The topological polar surface area (TPSA) is 141 Å². The van der Waals surface area contributed by atoms with E-state index < -0.39 is 47.0 Å². The van der Waals surface area contributed by atoms with Gasteiger partial charge in [-0.3, -0.25) is 9.59 Å². The molecular formula is C31H42O8. The number of hydrogen-bond donors (Lipinski definition) is 4. The third kappa shape index (κ3) is 7.53. The number of carboxylic acid groups (broad SMARTS) is 1. The van der Waals surface area contributed by atoms with Gasteiger partial charge in [0.05, 0.1) is 23.0 Å². The predicted molar refractivity (Wildman–Crippen MR) is 148 cm³/mol. The average Bonchev–Trinajstić information content (AvgIpc) is 2.85. The number of aliphatic hydroxyl groups excluding tert-OH is 2. The molecule has 0 heterocycles. The maximum atomic E-state index is 13.3. The lowest BCUT2D eigenvalue weighted by Crippen LogP contribution is -2.59. The number of fused-ring (bicyclic) bond motifs is 1. The molecule has 0 aromatic carbocycles. The van der Waals surface area contributed by atoms with Gasteiger partial charge < -0.3 is 25.2 Å². The molecule has 214 valence electrons. The first-order valence-corrected chi connectivity index (χ1v) is 13.2. The zero-order valence-electron chi connectivity index (χ0n) is 23.6. The molecule has 0 fully saturated rings. The van der Waals surface area contributed by atoms with Gasteiger partial charge in [0.15, 0.2) is 0 Å². The predicted octanol–water partition coefficient (Wildman–Crippen LogP) is 3.85. The molecule has 0 aromatic rings. The maximum Gasteiger partial charge on any atom is 0.328 e. The van der Waals surface area contributed by atoms with E-state index in [1.165, 1.54) is 6.08 Å². The number of ether oxygens (including phenoxy) is 1. The van der Waals surface area contributed by atoms with Crippen LogP contribution in [-0.4, -0.2) is 62.6 Å². The van der Waals surface area contributed by atoms with Crippen molar-refractivity contribution >= 4 is 17.7 Å². The first-order valence-electron chi connectivity index (χ1n) is 13.2. The molecule has 0 saturated carbocycles. The van der Waals surface area contributed by atoms with Gasteiger partial charge >= 0.3 is 11.9 Å². The number of carbonyl (C=O) groups is 3. The summed E-state index contributed by atoms with van der Waals surface area (Å²) in [4.78, 5) is 37.1. The molecule has 0 aromatic heterocycles. The van der Waals surface area contributed by atoms with Crippen LogP contribution in [0.5, 0.6) is 0 Å². The summed E-state index contributed by atoms with van der Waals surface area (Å²) in [5.41, 5.74) is -0.699. The van der Waals surface area contributed by atoms with Gasteiger partial charge in [0.25, 0.3) is 0 Å². The van der Waals surface area contributed by atoms with Crippen LogP contribution in [0.3, 0.4) is 0 Å². The lowest BCUT2D eigenvalue weighted by molar-refractivity contribution is -0.172. The van der Waals surface area contributed by atoms with Crippen LogP contribution in [0.15, 0.2) is 71.4 Å². The molecular weight excluding hydrogens is 500 g/mol. The van der Waals surface area contributed by atoms with Gasteiger partial charge in [-0.15, -0.1) is 0 Å². The monoisotopic (exact) mass is 542 g/mol. The minimum absolute atomic E-state index is 0.0626. The lowest BCUT2D eigenvalue weighted by atomic mass is 9.54. The summed E-state index contributed by atoms with van der Waals surface area (Å²) in [5.74, 6) is -3.40. The Morgan fingerprint density at radius 3 is 2.41 bits per heavy atom. The smallest absolute Gasteiger partial charge is 0.328 e. The largest absolute Gasteiger partial charge is 0.478 e. The first kappa shape index (κ1) is 32.1. The molecule has 0 amide bonds. The number of Topliss-reactive ketones (excluding diaryl/α,β-unsaturated/α-hetero) is 1. The number of ketones is 1. The number of carboxylic acids is 1. The number of hydrogen-bond acceptors (Lipinski definition) is 7. The van der Waals surface area contributed by atoms with Gasteiger partial charge in [0.2, 0.25) is 0 Å². The summed E-state index contributed by atoms with van der Waals surface area (Å²) in [6.07, 6.45) is 13.1. The Labute approximate surface area is 230 Å². The van der Waals surface area contributed by atoms with Crippen molar-refractivity contribution in [3.05, 3.63) is 71.4 Å². The zero-order chi connectivity index (χ0) is 29.5. The van der Waals surface area contributed by atoms with Crippen molar-refractivity contribution in [3.8, 4) is 0 Å². The summed E-state index contributed by atoms with van der Waals surface area (Å²) in [6.45, 7) is 9.93. The van der Waals surface area contributed by atoms with Gasteiger partial charge in [-0.2, -0.15) is 0 Å². The Kier molecular flexibility index (Phi) is 11.0. The number of carbonyl (C=O) groups excluding carboxylic acids is 2. The highest BCUT2D eigenvalue weighted by molar-refractivity contribution is 5.88. The molecule has 7 unspecified atom stereocenters. The van der Waals surface area contributed by atoms with Crippen LogP contribution in [0.1, 0.15) is 54.4 Å². The van der Waals surface area contributed by atoms with E-state index in [1.807, 2.05) is 13.0 Å². The molecule has 0 saturated heterocycles. The number of esters is 1. The average molecular weight is 543 g/mol. The Hall–Kier alpha value is -3.07. The van der Waals surface area contributed by atoms with Gasteiger partial charge in [-0.25, -0.2) is 4.79 Å². The van der Waals surface area contributed by atoms with Crippen molar-refractivity contribution < 1.29 is 39.5 Å². The molecule has 8 nitrogen and oxygen atoms in total. The SMILES string of the molecule is CC(C=CC=C(C)C(O)C(C)C(=O)OC1CC(C)C=C2C=CC(C)(O)C(C)(C(=O)CCO)C21)=CC=CC(=O)O. The molecule has 0 bridgehead atoms. The fourth-order valence-corrected chi connectivity index (χ4v) is 5.33. The second-order valence-corrected chi connectivity index (χ2v) is 11.0. The number of aliphatic hydroxyl groups is 3. The van der Waals surface area contributed by atoms with E-state index in [-0.39, 0.29) is 24.7 Å². The summed E-state index contributed by atoms with van der Waals surface area (Å²) >= 11 is 0. The van der Waals surface area contributed by atoms with Gasteiger partial charge in [-0.1, -0.05) is 61.1 Å². The van der Waals surface area contributed by atoms with Crippen LogP contribution >= 0.6 is 0 Å². The number of allylic oxidation sites excluding steroid dienone is 8. The standard InChI is InChI=1S/C31H42O8/c1-19(10-8-12-26(34)35)9-7-11-21(3)28(36)22(4)29(37)39-24-18-20(2)17-23-13-15-30(5,38)31(6,27(23)24)25(33)14-16-32/h7-13,15,17,20,22,24,27-28,32,36,38H,14,16,18H2,1-6H3,(H,34,35). The quantitative estimate of drug-likeness (QED) is 0.175. The second kappa shape index (κ2) is 13.3. The third-order valence-electron chi connectivity index (χ3n) is 7.90. The molecule has 8 heteroatoms. The summed E-state index contributed by atoms with van der Waals surface area (Å²) in [6, 6.07) is 0. The minimum Gasteiger partial charge on any atom is -0.478 e. The fourth-order valence-electron chi connectivity index (χ4n) is 5.33. The van der Waals surface area contributed by atoms with Crippen LogP contribution in [-0.2, 0) is 19.1 Å². The van der Waals surface area contributed by atoms with E-state index in [4.69, 9.17) is 9.84 Å². The van der Waals surface area contributed by atoms with Crippen LogP contribution < -0.4 is 0 Å². The van der Waals surface area contributed by atoms with Crippen molar-refractivity contribution in [1.29, 1.82) is 0 Å². The van der Waals surface area contributed by atoms with Gasteiger partial charge in [0.1, 0.15) is 11.9 Å². The summed E-state index contributed by atoms with van der Waals surface area (Å²) in [5, 5.41) is 40.2. The van der Waals surface area contributed by atoms with Gasteiger partial charge in [0, 0.05) is 25.0 Å². The lowest BCUT2D eigenvalue weighted by Gasteiger charge is -2.52. The Morgan fingerprint density at radius 2 is 1.79 bits per heavy atom. The molecule has 0 aliphatic heterocycles. The van der Waals surface area contributed by atoms with Crippen molar-refractivity contribution in [2.75, 3.05) is 6.61 Å². The highest BCUT2D eigenvalue weighted by Gasteiger charge is 2.59. The van der Waals surface area contributed by atoms with E-state index in [2.05, 4.69) is 0 Å². The summed E-state index contributed by atoms with van der Waals surface area (Å²) in [7, 11) is 0.